The lowest BCUT2D eigenvalue weighted by atomic mass is 10.1. The number of amides is 2. The normalized spacial score (nSPS) is 10.4. The number of hydrogen-bond acceptors (Lipinski definition) is 2. The van der Waals surface area contributed by atoms with Crippen molar-refractivity contribution < 1.29 is 9.59 Å². The molecule has 3 rings (SSSR count). The summed E-state index contributed by atoms with van der Waals surface area (Å²) in [5.74, 6) is -0.419. The number of carbonyl (C=O) groups is 2. The Hall–Kier alpha value is -3.14. The number of hydrogen-bond donors (Lipinski definition) is 2. The number of rotatable bonds is 5. The minimum Gasteiger partial charge on any atom is -0.352 e. The molecule has 0 saturated heterocycles. The predicted molar refractivity (Wildman–Crippen MR) is 101 cm³/mol. The van der Waals surface area contributed by atoms with Crippen LogP contribution in [-0.4, -0.2) is 18.4 Å². The van der Waals surface area contributed by atoms with E-state index in [0.29, 0.717) is 23.4 Å². The average molecular weight is 332 g/mol. The topological polar surface area (TPSA) is 58.2 Å². The third-order valence-electron chi connectivity index (χ3n) is 3.97. The zero-order valence-corrected chi connectivity index (χ0v) is 14.1. The van der Waals surface area contributed by atoms with Gasteiger partial charge in [0.2, 0.25) is 0 Å². The van der Waals surface area contributed by atoms with Crippen molar-refractivity contribution in [3.63, 3.8) is 0 Å². The van der Waals surface area contributed by atoms with Gasteiger partial charge in [-0.3, -0.25) is 9.59 Å². The summed E-state index contributed by atoms with van der Waals surface area (Å²) in [6, 6.07) is 20.5. The molecule has 3 aromatic rings. The van der Waals surface area contributed by atoms with E-state index in [1.807, 2.05) is 43.3 Å². The molecule has 0 aliphatic rings. The van der Waals surface area contributed by atoms with Gasteiger partial charge in [-0.15, -0.1) is 0 Å². The highest BCUT2D eigenvalue weighted by Gasteiger charge is 2.13. The maximum Gasteiger partial charge on any atom is 0.255 e. The van der Waals surface area contributed by atoms with Crippen molar-refractivity contribution in [3.05, 3.63) is 77.9 Å². The Kier molecular flexibility index (Phi) is 5.09. The van der Waals surface area contributed by atoms with Gasteiger partial charge in [0.05, 0.1) is 11.3 Å². The summed E-state index contributed by atoms with van der Waals surface area (Å²) in [6.07, 6.45) is 0.858. The average Bonchev–Trinajstić information content (AvgIpc) is 2.66. The second kappa shape index (κ2) is 7.62. The molecule has 2 N–H and O–H groups in total. The Labute approximate surface area is 146 Å². The maximum absolute atomic E-state index is 12.6. The van der Waals surface area contributed by atoms with E-state index in [2.05, 4.69) is 10.6 Å². The van der Waals surface area contributed by atoms with Crippen LogP contribution in [-0.2, 0) is 0 Å². The van der Waals surface area contributed by atoms with Crippen LogP contribution in [0.1, 0.15) is 34.1 Å². The van der Waals surface area contributed by atoms with Crippen LogP contribution in [0, 0.1) is 0 Å². The highest BCUT2D eigenvalue weighted by Crippen LogP contribution is 2.19. The number of nitrogens with one attached hydrogen (secondary N) is 2. The zero-order valence-electron chi connectivity index (χ0n) is 14.1. The van der Waals surface area contributed by atoms with E-state index in [1.54, 1.807) is 30.3 Å². The van der Waals surface area contributed by atoms with Crippen LogP contribution in [0.15, 0.2) is 66.7 Å². The van der Waals surface area contributed by atoms with Gasteiger partial charge in [0, 0.05) is 12.1 Å². The van der Waals surface area contributed by atoms with Gasteiger partial charge in [-0.1, -0.05) is 49.4 Å². The van der Waals surface area contributed by atoms with E-state index in [4.69, 9.17) is 0 Å². The Bertz CT molecular complexity index is 918. The summed E-state index contributed by atoms with van der Waals surface area (Å²) >= 11 is 0. The Balaban J connectivity index is 1.83. The SMILES string of the molecule is CCCNC(=O)c1ccccc1NC(=O)c1ccc2ccccc2c1. The fourth-order valence-electron chi connectivity index (χ4n) is 2.65. The minimum absolute atomic E-state index is 0.184. The summed E-state index contributed by atoms with van der Waals surface area (Å²) in [7, 11) is 0. The van der Waals surface area contributed by atoms with Crippen molar-refractivity contribution in [3.8, 4) is 0 Å². The fourth-order valence-corrected chi connectivity index (χ4v) is 2.65. The highest BCUT2D eigenvalue weighted by molar-refractivity contribution is 6.10. The molecular weight excluding hydrogens is 312 g/mol. The largest absolute Gasteiger partial charge is 0.352 e. The van der Waals surface area contributed by atoms with E-state index >= 15 is 0 Å². The van der Waals surface area contributed by atoms with Gasteiger partial charge >= 0.3 is 0 Å². The standard InChI is InChI=1S/C21H20N2O2/c1-2-13-22-21(25)18-9-5-6-10-19(18)23-20(24)17-12-11-15-7-3-4-8-16(15)14-17/h3-12,14H,2,13H2,1H3,(H,22,25)(H,23,24). The molecule has 0 saturated carbocycles. The second-order valence-electron chi connectivity index (χ2n) is 5.82. The molecule has 4 nitrogen and oxygen atoms in total. The molecule has 0 spiro atoms. The maximum atomic E-state index is 12.6. The highest BCUT2D eigenvalue weighted by atomic mass is 16.2. The van der Waals surface area contributed by atoms with Crippen molar-refractivity contribution in [2.24, 2.45) is 0 Å². The third-order valence-corrected chi connectivity index (χ3v) is 3.97. The first-order valence-electron chi connectivity index (χ1n) is 8.36. The van der Waals surface area contributed by atoms with Gasteiger partial charge < -0.3 is 10.6 Å². The minimum atomic E-state index is -0.235. The molecule has 0 atom stereocenters. The summed E-state index contributed by atoms with van der Waals surface area (Å²) in [4.78, 5) is 24.9. The van der Waals surface area contributed by atoms with E-state index in [0.717, 1.165) is 17.2 Å². The first-order chi connectivity index (χ1) is 12.2. The van der Waals surface area contributed by atoms with Crippen molar-refractivity contribution >= 4 is 28.3 Å². The van der Waals surface area contributed by atoms with Gasteiger partial charge in [-0.25, -0.2) is 0 Å². The number of fused-ring (bicyclic) bond motifs is 1. The van der Waals surface area contributed by atoms with Gasteiger partial charge in [-0.2, -0.15) is 0 Å². The molecule has 4 heteroatoms. The van der Waals surface area contributed by atoms with E-state index in [9.17, 15) is 9.59 Å². The molecule has 0 heterocycles. The lowest BCUT2D eigenvalue weighted by molar-refractivity contribution is 0.0954. The molecule has 25 heavy (non-hydrogen) atoms. The molecule has 0 fully saturated rings. The van der Waals surface area contributed by atoms with Crippen molar-refractivity contribution in [1.29, 1.82) is 0 Å². The first kappa shape index (κ1) is 16.7. The van der Waals surface area contributed by atoms with Gasteiger partial charge in [0.25, 0.3) is 11.8 Å². The van der Waals surface area contributed by atoms with Crippen LogP contribution < -0.4 is 10.6 Å². The third kappa shape index (κ3) is 3.86. The number of benzene rings is 3. The predicted octanol–water partition coefficient (Wildman–Crippen LogP) is 4.23. The molecule has 3 aromatic carbocycles. The Morgan fingerprint density at radius 1 is 0.840 bits per heavy atom. The monoisotopic (exact) mass is 332 g/mol. The molecule has 0 bridgehead atoms. The molecule has 0 radical (unpaired) electrons. The van der Waals surface area contributed by atoms with E-state index in [-0.39, 0.29) is 11.8 Å². The summed E-state index contributed by atoms with van der Waals surface area (Å²) in [5, 5.41) is 7.77. The van der Waals surface area contributed by atoms with Crippen LogP contribution in [0.25, 0.3) is 10.8 Å². The van der Waals surface area contributed by atoms with Crippen LogP contribution in [0.2, 0.25) is 0 Å². The Morgan fingerprint density at radius 2 is 1.56 bits per heavy atom. The smallest absolute Gasteiger partial charge is 0.255 e. The summed E-state index contributed by atoms with van der Waals surface area (Å²) < 4.78 is 0. The number of para-hydroxylation sites is 1. The lowest BCUT2D eigenvalue weighted by Gasteiger charge is -2.11. The number of carbonyl (C=O) groups excluding carboxylic acids is 2. The van der Waals surface area contributed by atoms with Crippen molar-refractivity contribution in [2.75, 3.05) is 11.9 Å². The second-order valence-corrected chi connectivity index (χ2v) is 5.82. The zero-order chi connectivity index (χ0) is 17.6. The Morgan fingerprint density at radius 3 is 2.36 bits per heavy atom. The lowest BCUT2D eigenvalue weighted by Crippen LogP contribution is -2.25. The van der Waals surface area contributed by atoms with Gasteiger partial charge in [0.1, 0.15) is 0 Å². The number of anilines is 1. The van der Waals surface area contributed by atoms with Crippen LogP contribution in [0.4, 0.5) is 5.69 Å². The summed E-state index contributed by atoms with van der Waals surface area (Å²) in [6.45, 7) is 2.60. The quantitative estimate of drug-likeness (QED) is 0.734. The molecule has 0 unspecified atom stereocenters. The molecule has 0 aliphatic carbocycles. The first-order valence-corrected chi connectivity index (χ1v) is 8.36. The van der Waals surface area contributed by atoms with Crippen molar-refractivity contribution in [2.45, 2.75) is 13.3 Å². The van der Waals surface area contributed by atoms with Crippen LogP contribution in [0.3, 0.4) is 0 Å². The van der Waals surface area contributed by atoms with Crippen molar-refractivity contribution in [1.82, 2.24) is 5.32 Å². The fraction of sp³-hybridized carbons (Fsp3) is 0.143. The molecule has 126 valence electrons. The summed E-state index contributed by atoms with van der Waals surface area (Å²) in [5.41, 5.74) is 1.53. The van der Waals surface area contributed by atoms with Gasteiger partial charge in [-0.05, 0) is 41.5 Å². The molecule has 0 aromatic heterocycles. The van der Waals surface area contributed by atoms with Crippen LogP contribution in [0.5, 0.6) is 0 Å². The molecule has 0 aliphatic heterocycles. The molecule has 2 amide bonds. The van der Waals surface area contributed by atoms with Gasteiger partial charge in [0.15, 0.2) is 0 Å². The molecular formula is C21H20N2O2. The van der Waals surface area contributed by atoms with E-state index in [1.165, 1.54) is 0 Å². The van der Waals surface area contributed by atoms with E-state index < -0.39 is 0 Å². The van der Waals surface area contributed by atoms with Crippen LogP contribution >= 0.6 is 0 Å².